The molecule has 0 spiro atoms. The molecule has 2 N–H and O–H groups in total. The SMILES string of the molecule is CCC1CCC(CNC(=O)[C@@H]2CCCNC2)CC1. The van der Waals surface area contributed by atoms with Gasteiger partial charge < -0.3 is 10.6 Å². The van der Waals surface area contributed by atoms with Crippen LogP contribution in [-0.2, 0) is 4.79 Å². The number of hydrogen-bond acceptors (Lipinski definition) is 2. The third kappa shape index (κ3) is 3.98. The molecule has 1 aliphatic carbocycles. The molecule has 1 heterocycles. The second kappa shape index (κ2) is 7.13. The van der Waals surface area contributed by atoms with Gasteiger partial charge in [0, 0.05) is 13.1 Å². The lowest BCUT2D eigenvalue weighted by Gasteiger charge is -2.29. The molecule has 1 saturated carbocycles. The summed E-state index contributed by atoms with van der Waals surface area (Å²) >= 11 is 0. The van der Waals surface area contributed by atoms with E-state index in [0.717, 1.165) is 44.3 Å². The first-order valence-corrected chi connectivity index (χ1v) is 7.78. The molecule has 1 amide bonds. The van der Waals surface area contributed by atoms with Gasteiger partial charge in [0.05, 0.1) is 5.92 Å². The molecule has 1 aliphatic heterocycles. The molecule has 0 aromatic carbocycles. The molecule has 1 atom stereocenters. The molecular weight excluding hydrogens is 224 g/mol. The third-order valence-electron chi connectivity index (χ3n) is 4.78. The standard InChI is InChI=1S/C15H28N2O/c1-2-12-5-7-13(8-6-12)10-17-15(18)14-4-3-9-16-11-14/h12-14,16H,2-11H2,1H3,(H,17,18)/t12?,13?,14-/m1/s1. The summed E-state index contributed by atoms with van der Waals surface area (Å²) in [5, 5.41) is 6.48. The fourth-order valence-electron chi connectivity index (χ4n) is 3.31. The molecule has 2 rings (SSSR count). The van der Waals surface area contributed by atoms with Crippen molar-refractivity contribution in [3.05, 3.63) is 0 Å². The molecule has 2 aliphatic rings. The lowest BCUT2D eigenvalue weighted by molar-refractivity contribution is -0.125. The van der Waals surface area contributed by atoms with Gasteiger partial charge in [0.2, 0.25) is 5.91 Å². The van der Waals surface area contributed by atoms with Gasteiger partial charge >= 0.3 is 0 Å². The molecule has 2 fully saturated rings. The van der Waals surface area contributed by atoms with Crippen molar-refractivity contribution >= 4 is 5.91 Å². The van der Waals surface area contributed by atoms with E-state index in [-0.39, 0.29) is 11.8 Å². The first kappa shape index (κ1) is 13.9. The van der Waals surface area contributed by atoms with Gasteiger partial charge in [0.1, 0.15) is 0 Å². The minimum Gasteiger partial charge on any atom is -0.356 e. The van der Waals surface area contributed by atoms with E-state index >= 15 is 0 Å². The number of carbonyl (C=O) groups excluding carboxylic acids is 1. The van der Waals surface area contributed by atoms with Gasteiger partial charge in [0.15, 0.2) is 0 Å². The average molecular weight is 252 g/mol. The van der Waals surface area contributed by atoms with Crippen LogP contribution in [0.15, 0.2) is 0 Å². The highest BCUT2D eigenvalue weighted by Crippen LogP contribution is 2.30. The van der Waals surface area contributed by atoms with Crippen LogP contribution in [-0.4, -0.2) is 25.5 Å². The average Bonchev–Trinajstić information content (AvgIpc) is 2.46. The summed E-state index contributed by atoms with van der Waals surface area (Å²) < 4.78 is 0. The summed E-state index contributed by atoms with van der Waals surface area (Å²) in [6.45, 7) is 5.15. The number of hydrogen-bond donors (Lipinski definition) is 2. The Bertz CT molecular complexity index is 253. The molecule has 3 nitrogen and oxygen atoms in total. The van der Waals surface area contributed by atoms with Gasteiger partial charge in [-0.25, -0.2) is 0 Å². The van der Waals surface area contributed by atoms with Crippen LogP contribution in [0.3, 0.4) is 0 Å². The first-order valence-electron chi connectivity index (χ1n) is 7.78. The fraction of sp³-hybridized carbons (Fsp3) is 0.933. The molecule has 1 saturated heterocycles. The lowest BCUT2D eigenvalue weighted by Crippen LogP contribution is -2.42. The number of rotatable bonds is 4. The Balaban J connectivity index is 1.63. The summed E-state index contributed by atoms with van der Waals surface area (Å²) in [7, 11) is 0. The van der Waals surface area contributed by atoms with Crippen LogP contribution >= 0.6 is 0 Å². The highest BCUT2D eigenvalue weighted by Gasteiger charge is 2.23. The minimum atomic E-state index is 0.214. The molecule has 18 heavy (non-hydrogen) atoms. The van der Waals surface area contributed by atoms with Gasteiger partial charge in [-0.05, 0) is 44.1 Å². The van der Waals surface area contributed by atoms with E-state index in [2.05, 4.69) is 17.6 Å². The summed E-state index contributed by atoms with van der Waals surface area (Å²) in [5.74, 6) is 2.17. The minimum absolute atomic E-state index is 0.214. The Kier molecular flexibility index (Phi) is 5.48. The monoisotopic (exact) mass is 252 g/mol. The highest BCUT2D eigenvalue weighted by molar-refractivity contribution is 5.78. The third-order valence-corrected chi connectivity index (χ3v) is 4.78. The van der Waals surface area contributed by atoms with Crippen molar-refractivity contribution in [3.8, 4) is 0 Å². The molecule has 0 aromatic heterocycles. The highest BCUT2D eigenvalue weighted by atomic mass is 16.1. The van der Waals surface area contributed by atoms with Gasteiger partial charge in [-0.1, -0.05) is 26.2 Å². The van der Waals surface area contributed by atoms with Crippen molar-refractivity contribution in [1.82, 2.24) is 10.6 Å². The van der Waals surface area contributed by atoms with Gasteiger partial charge in [-0.3, -0.25) is 4.79 Å². The molecule has 0 bridgehead atoms. The van der Waals surface area contributed by atoms with E-state index in [1.807, 2.05) is 0 Å². The first-order chi connectivity index (χ1) is 8.79. The van der Waals surface area contributed by atoms with Crippen molar-refractivity contribution in [2.24, 2.45) is 17.8 Å². The van der Waals surface area contributed by atoms with Crippen molar-refractivity contribution in [1.29, 1.82) is 0 Å². The molecule has 104 valence electrons. The van der Waals surface area contributed by atoms with Crippen molar-refractivity contribution in [3.63, 3.8) is 0 Å². The van der Waals surface area contributed by atoms with Crippen LogP contribution < -0.4 is 10.6 Å². The Morgan fingerprint density at radius 2 is 1.89 bits per heavy atom. The lowest BCUT2D eigenvalue weighted by atomic mass is 9.81. The smallest absolute Gasteiger partial charge is 0.224 e. The Morgan fingerprint density at radius 1 is 1.17 bits per heavy atom. The number of amides is 1. The van der Waals surface area contributed by atoms with Gasteiger partial charge in [-0.2, -0.15) is 0 Å². The van der Waals surface area contributed by atoms with Gasteiger partial charge in [-0.15, -0.1) is 0 Å². The summed E-state index contributed by atoms with van der Waals surface area (Å²) in [4.78, 5) is 12.0. The van der Waals surface area contributed by atoms with Crippen molar-refractivity contribution in [2.75, 3.05) is 19.6 Å². The Labute approximate surface area is 111 Å². The van der Waals surface area contributed by atoms with E-state index in [1.165, 1.54) is 32.1 Å². The van der Waals surface area contributed by atoms with Gasteiger partial charge in [0.25, 0.3) is 0 Å². The molecule has 0 radical (unpaired) electrons. The molecule has 0 aromatic rings. The summed E-state index contributed by atoms with van der Waals surface area (Å²) in [6.07, 6.45) is 8.86. The van der Waals surface area contributed by atoms with Crippen molar-refractivity contribution in [2.45, 2.75) is 51.9 Å². The maximum Gasteiger partial charge on any atom is 0.224 e. The normalized spacial score (nSPS) is 33.1. The molecule has 3 heteroatoms. The quantitative estimate of drug-likeness (QED) is 0.806. The van der Waals surface area contributed by atoms with Crippen LogP contribution in [0, 0.1) is 17.8 Å². The predicted octanol–water partition coefficient (Wildman–Crippen LogP) is 2.32. The predicted molar refractivity (Wildman–Crippen MR) is 74.3 cm³/mol. The Morgan fingerprint density at radius 3 is 2.50 bits per heavy atom. The zero-order valence-electron chi connectivity index (χ0n) is 11.7. The topological polar surface area (TPSA) is 41.1 Å². The molecular formula is C15H28N2O. The maximum absolute atomic E-state index is 12.0. The number of piperidine rings is 1. The summed E-state index contributed by atoms with van der Waals surface area (Å²) in [6, 6.07) is 0. The summed E-state index contributed by atoms with van der Waals surface area (Å²) in [5.41, 5.74) is 0. The van der Waals surface area contributed by atoms with E-state index in [1.54, 1.807) is 0 Å². The number of carbonyl (C=O) groups is 1. The largest absolute Gasteiger partial charge is 0.356 e. The zero-order valence-corrected chi connectivity index (χ0v) is 11.7. The van der Waals surface area contributed by atoms with Crippen LogP contribution in [0.2, 0.25) is 0 Å². The van der Waals surface area contributed by atoms with Crippen LogP contribution in [0.1, 0.15) is 51.9 Å². The van der Waals surface area contributed by atoms with E-state index < -0.39 is 0 Å². The van der Waals surface area contributed by atoms with Crippen molar-refractivity contribution < 1.29 is 4.79 Å². The molecule has 0 unspecified atom stereocenters. The van der Waals surface area contributed by atoms with Crippen LogP contribution in [0.4, 0.5) is 0 Å². The maximum atomic E-state index is 12.0. The van der Waals surface area contributed by atoms with Crippen LogP contribution in [0.5, 0.6) is 0 Å². The van der Waals surface area contributed by atoms with E-state index in [9.17, 15) is 4.79 Å². The fourth-order valence-corrected chi connectivity index (χ4v) is 3.31. The van der Waals surface area contributed by atoms with E-state index in [0.29, 0.717) is 0 Å². The Hall–Kier alpha value is -0.570. The van der Waals surface area contributed by atoms with E-state index in [4.69, 9.17) is 0 Å². The second-order valence-electron chi connectivity index (χ2n) is 6.08. The van der Waals surface area contributed by atoms with Crippen LogP contribution in [0.25, 0.3) is 0 Å². The number of nitrogens with one attached hydrogen (secondary N) is 2. The second-order valence-corrected chi connectivity index (χ2v) is 6.08. The zero-order chi connectivity index (χ0) is 12.8.